The fraction of sp³-hybridized carbons (Fsp3) is 0.400. The third-order valence-corrected chi connectivity index (χ3v) is 3.02. The molecular weight excluding hydrogens is 274 g/mol. The van der Waals surface area contributed by atoms with Gasteiger partial charge in [-0.1, -0.05) is 12.2 Å². The summed E-state index contributed by atoms with van der Waals surface area (Å²) in [5.41, 5.74) is 5.52. The number of rotatable bonds is 4. The van der Waals surface area contributed by atoms with Crippen LogP contribution >= 0.6 is 28.1 Å². The van der Waals surface area contributed by atoms with Crippen LogP contribution in [0.5, 0.6) is 0 Å². The molecule has 0 spiro atoms. The fourth-order valence-corrected chi connectivity index (χ4v) is 2.05. The maximum Gasteiger partial charge on any atom is 0.142 e. The molecule has 0 aliphatic rings. The van der Waals surface area contributed by atoms with Gasteiger partial charge in [0.25, 0.3) is 0 Å². The van der Waals surface area contributed by atoms with Crippen LogP contribution in [0.15, 0.2) is 22.8 Å². The van der Waals surface area contributed by atoms with Crippen LogP contribution in [-0.4, -0.2) is 23.1 Å². The van der Waals surface area contributed by atoms with Crippen LogP contribution in [0.2, 0.25) is 0 Å². The molecule has 1 aromatic heterocycles. The second-order valence-electron chi connectivity index (χ2n) is 3.44. The van der Waals surface area contributed by atoms with Gasteiger partial charge in [0.05, 0.1) is 9.46 Å². The van der Waals surface area contributed by atoms with Gasteiger partial charge >= 0.3 is 0 Å². The number of pyridine rings is 1. The van der Waals surface area contributed by atoms with Gasteiger partial charge < -0.3 is 10.6 Å². The van der Waals surface area contributed by atoms with Crippen LogP contribution in [0.3, 0.4) is 0 Å². The van der Waals surface area contributed by atoms with Gasteiger partial charge in [-0.25, -0.2) is 4.98 Å². The van der Waals surface area contributed by atoms with E-state index in [1.807, 2.05) is 19.2 Å². The summed E-state index contributed by atoms with van der Waals surface area (Å²) in [6.07, 6.45) is 2.46. The number of thiocarbonyl (C=S) groups is 1. The van der Waals surface area contributed by atoms with Crippen molar-refractivity contribution in [1.82, 2.24) is 4.98 Å². The Hall–Kier alpha value is -0.680. The topological polar surface area (TPSA) is 42.1 Å². The highest BCUT2D eigenvalue weighted by molar-refractivity contribution is 9.10. The van der Waals surface area contributed by atoms with Crippen molar-refractivity contribution < 1.29 is 0 Å². The molecular formula is C10H14BrN3S. The Bertz CT molecular complexity index is 356. The van der Waals surface area contributed by atoms with E-state index in [-0.39, 0.29) is 6.04 Å². The summed E-state index contributed by atoms with van der Waals surface area (Å²) in [7, 11) is 1.98. The Kier molecular flexibility index (Phi) is 4.47. The molecule has 5 heteroatoms. The number of nitrogens with zero attached hydrogens (tertiary/aromatic N) is 2. The van der Waals surface area contributed by atoms with E-state index < -0.39 is 0 Å². The van der Waals surface area contributed by atoms with Gasteiger partial charge in [-0.05, 0) is 35.0 Å². The third-order valence-electron chi connectivity index (χ3n) is 2.23. The van der Waals surface area contributed by atoms with Gasteiger partial charge in [-0.2, -0.15) is 0 Å². The standard InChI is InChI=1S/C10H14BrN3S/c1-7(6-9(12)15)14(2)10-8(11)4-3-5-13-10/h3-5,7H,6H2,1-2H3,(H2,12,15). The van der Waals surface area contributed by atoms with E-state index >= 15 is 0 Å². The quantitative estimate of drug-likeness (QED) is 0.864. The summed E-state index contributed by atoms with van der Waals surface area (Å²) >= 11 is 8.36. The Morgan fingerprint density at radius 3 is 2.93 bits per heavy atom. The lowest BCUT2D eigenvalue weighted by molar-refractivity contribution is 0.704. The predicted molar refractivity (Wildman–Crippen MR) is 71.2 cm³/mol. The molecule has 0 radical (unpaired) electrons. The molecule has 0 fully saturated rings. The van der Waals surface area contributed by atoms with E-state index in [0.717, 1.165) is 10.3 Å². The Morgan fingerprint density at radius 1 is 1.73 bits per heavy atom. The maximum absolute atomic E-state index is 5.52. The van der Waals surface area contributed by atoms with Crippen LogP contribution in [0.1, 0.15) is 13.3 Å². The van der Waals surface area contributed by atoms with Crippen molar-refractivity contribution in [1.29, 1.82) is 0 Å². The normalized spacial score (nSPS) is 12.2. The monoisotopic (exact) mass is 287 g/mol. The summed E-state index contributed by atoms with van der Waals surface area (Å²) in [6.45, 7) is 2.07. The molecule has 2 N–H and O–H groups in total. The molecule has 1 atom stereocenters. The number of hydrogen-bond acceptors (Lipinski definition) is 3. The smallest absolute Gasteiger partial charge is 0.142 e. The molecule has 0 amide bonds. The molecule has 1 heterocycles. The predicted octanol–water partition coefficient (Wildman–Crippen LogP) is 2.34. The number of halogens is 1. The minimum Gasteiger partial charge on any atom is -0.393 e. The number of aromatic nitrogens is 1. The van der Waals surface area contributed by atoms with E-state index in [1.165, 1.54) is 0 Å². The molecule has 15 heavy (non-hydrogen) atoms. The second-order valence-corrected chi connectivity index (χ2v) is 4.82. The van der Waals surface area contributed by atoms with Gasteiger partial charge in [0.2, 0.25) is 0 Å². The molecule has 0 bridgehead atoms. The summed E-state index contributed by atoms with van der Waals surface area (Å²) in [5.74, 6) is 0.904. The fourth-order valence-electron chi connectivity index (χ4n) is 1.27. The van der Waals surface area contributed by atoms with E-state index in [4.69, 9.17) is 18.0 Å². The summed E-state index contributed by atoms with van der Waals surface area (Å²) in [4.78, 5) is 6.89. The van der Waals surface area contributed by atoms with Crippen LogP contribution in [0, 0.1) is 0 Å². The zero-order chi connectivity index (χ0) is 11.4. The van der Waals surface area contributed by atoms with E-state index in [1.54, 1.807) is 6.20 Å². The summed E-state index contributed by atoms with van der Waals surface area (Å²) in [6, 6.07) is 4.10. The van der Waals surface area contributed by atoms with Gasteiger partial charge in [0.1, 0.15) is 5.82 Å². The van der Waals surface area contributed by atoms with Crippen LogP contribution < -0.4 is 10.6 Å². The van der Waals surface area contributed by atoms with Crippen molar-refractivity contribution >= 4 is 39.0 Å². The van der Waals surface area contributed by atoms with Crippen molar-refractivity contribution in [2.24, 2.45) is 5.73 Å². The van der Waals surface area contributed by atoms with Crippen molar-refractivity contribution in [3.8, 4) is 0 Å². The van der Waals surface area contributed by atoms with Gasteiger partial charge in [0, 0.05) is 25.7 Å². The first-order chi connectivity index (χ1) is 7.02. The van der Waals surface area contributed by atoms with Crippen LogP contribution in [0.25, 0.3) is 0 Å². The lowest BCUT2D eigenvalue weighted by atomic mass is 10.2. The van der Waals surface area contributed by atoms with Crippen molar-refractivity contribution in [3.05, 3.63) is 22.8 Å². The average molecular weight is 288 g/mol. The molecule has 82 valence electrons. The molecule has 3 nitrogen and oxygen atoms in total. The molecule has 0 aliphatic carbocycles. The SMILES string of the molecule is CC(CC(N)=S)N(C)c1ncccc1Br. The van der Waals surface area contributed by atoms with E-state index in [0.29, 0.717) is 11.4 Å². The molecule has 0 aromatic carbocycles. The lowest BCUT2D eigenvalue weighted by Crippen LogP contribution is -2.33. The first-order valence-electron chi connectivity index (χ1n) is 4.64. The molecule has 0 aliphatic heterocycles. The van der Waals surface area contributed by atoms with E-state index in [2.05, 4.69) is 32.7 Å². The Morgan fingerprint density at radius 2 is 2.40 bits per heavy atom. The maximum atomic E-state index is 5.52. The Balaban J connectivity index is 2.80. The minimum absolute atomic E-state index is 0.244. The van der Waals surface area contributed by atoms with Gasteiger partial charge in [0.15, 0.2) is 0 Å². The highest BCUT2D eigenvalue weighted by Crippen LogP contribution is 2.23. The van der Waals surface area contributed by atoms with Gasteiger partial charge in [-0.3, -0.25) is 0 Å². The summed E-state index contributed by atoms with van der Waals surface area (Å²) in [5, 5.41) is 0. The van der Waals surface area contributed by atoms with Crippen LogP contribution in [-0.2, 0) is 0 Å². The largest absolute Gasteiger partial charge is 0.393 e. The first-order valence-corrected chi connectivity index (χ1v) is 5.84. The minimum atomic E-state index is 0.244. The highest BCUT2D eigenvalue weighted by atomic mass is 79.9. The first kappa shape index (κ1) is 12.4. The molecule has 0 saturated carbocycles. The number of nitrogens with two attached hydrogens (primary N) is 1. The average Bonchev–Trinajstić information content (AvgIpc) is 2.16. The van der Waals surface area contributed by atoms with Crippen molar-refractivity contribution in [2.45, 2.75) is 19.4 Å². The Labute approximate surface area is 104 Å². The number of hydrogen-bond donors (Lipinski definition) is 1. The highest BCUT2D eigenvalue weighted by Gasteiger charge is 2.14. The van der Waals surface area contributed by atoms with Gasteiger partial charge in [-0.15, -0.1) is 0 Å². The van der Waals surface area contributed by atoms with Crippen molar-refractivity contribution in [2.75, 3.05) is 11.9 Å². The van der Waals surface area contributed by atoms with E-state index in [9.17, 15) is 0 Å². The molecule has 1 unspecified atom stereocenters. The molecule has 1 aromatic rings. The zero-order valence-corrected chi connectivity index (χ0v) is 11.2. The molecule has 0 saturated heterocycles. The third kappa shape index (κ3) is 3.43. The number of anilines is 1. The van der Waals surface area contributed by atoms with Crippen molar-refractivity contribution in [3.63, 3.8) is 0 Å². The van der Waals surface area contributed by atoms with Crippen LogP contribution in [0.4, 0.5) is 5.82 Å². The summed E-state index contributed by atoms with van der Waals surface area (Å²) < 4.78 is 0.974. The zero-order valence-electron chi connectivity index (χ0n) is 8.77. The lowest BCUT2D eigenvalue weighted by Gasteiger charge is -2.26. The molecule has 1 rings (SSSR count). The second kappa shape index (κ2) is 5.42.